The summed E-state index contributed by atoms with van der Waals surface area (Å²) in [6, 6.07) is 6.97. The van der Waals surface area contributed by atoms with Gasteiger partial charge in [0.05, 0.1) is 6.54 Å². The smallest absolute Gasteiger partial charge is 0.225 e. The number of Topliss-reactive ketones (excluding diaryl/α,β-unsaturated/α-hetero) is 1. The number of halogens is 1. The molecule has 0 N–H and O–H groups in total. The van der Waals surface area contributed by atoms with Crippen molar-refractivity contribution in [3.63, 3.8) is 0 Å². The van der Waals surface area contributed by atoms with Crippen molar-refractivity contribution in [2.24, 2.45) is 5.92 Å². The molecular weight excluding hydrogens is 288 g/mol. The van der Waals surface area contributed by atoms with E-state index in [0.717, 1.165) is 13.1 Å². The van der Waals surface area contributed by atoms with Crippen LogP contribution >= 0.6 is 11.6 Å². The number of ketones is 1. The van der Waals surface area contributed by atoms with E-state index in [1.165, 1.54) is 0 Å². The van der Waals surface area contributed by atoms with Crippen molar-refractivity contribution >= 4 is 23.3 Å². The van der Waals surface area contributed by atoms with Crippen molar-refractivity contribution in [2.75, 3.05) is 32.7 Å². The fraction of sp³-hybridized carbons (Fsp3) is 0.500. The van der Waals surface area contributed by atoms with Crippen LogP contribution < -0.4 is 0 Å². The van der Waals surface area contributed by atoms with Crippen molar-refractivity contribution < 1.29 is 9.59 Å². The van der Waals surface area contributed by atoms with Crippen LogP contribution in [-0.2, 0) is 4.79 Å². The Kier molecular flexibility index (Phi) is 5.37. The number of carbonyl (C=O) groups excluding carboxylic acids is 2. The minimum atomic E-state index is 0.0345. The van der Waals surface area contributed by atoms with E-state index in [2.05, 4.69) is 4.90 Å². The third-order valence-electron chi connectivity index (χ3n) is 3.71. The lowest BCUT2D eigenvalue weighted by atomic mass is 10.1. The molecule has 2 rings (SSSR count). The zero-order valence-corrected chi connectivity index (χ0v) is 13.3. The molecule has 1 aromatic carbocycles. The highest BCUT2D eigenvalue weighted by Gasteiger charge is 2.23. The lowest BCUT2D eigenvalue weighted by Crippen LogP contribution is -2.50. The summed E-state index contributed by atoms with van der Waals surface area (Å²) in [5.74, 6) is 0.321. The monoisotopic (exact) mass is 308 g/mol. The number of benzene rings is 1. The van der Waals surface area contributed by atoms with Gasteiger partial charge in [-0.25, -0.2) is 0 Å². The quantitative estimate of drug-likeness (QED) is 0.802. The highest BCUT2D eigenvalue weighted by molar-refractivity contribution is 6.30. The van der Waals surface area contributed by atoms with E-state index in [-0.39, 0.29) is 17.6 Å². The predicted molar refractivity (Wildman–Crippen MR) is 83.6 cm³/mol. The summed E-state index contributed by atoms with van der Waals surface area (Å²) >= 11 is 5.82. The van der Waals surface area contributed by atoms with Gasteiger partial charge in [-0.2, -0.15) is 0 Å². The lowest BCUT2D eigenvalue weighted by Gasteiger charge is -2.35. The maximum atomic E-state index is 12.2. The maximum Gasteiger partial charge on any atom is 0.225 e. The lowest BCUT2D eigenvalue weighted by molar-refractivity contribution is -0.136. The molecule has 4 nitrogen and oxygen atoms in total. The molecule has 0 unspecified atom stereocenters. The molecule has 1 amide bonds. The molecule has 1 aromatic rings. The first-order valence-corrected chi connectivity index (χ1v) is 7.65. The molecule has 0 radical (unpaired) electrons. The van der Waals surface area contributed by atoms with Gasteiger partial charge < -0.3 is 4.90 Å². The van der Waals surface area contributed by atoms with Gasteiger partial charge in [0.15, 0.2) is 5.78 Å². The van der Waals surface area contributed by atoms with Gasteiger partial charge in [-0.05, 0) is 24.3 Å². The zero-order chi connectivity index (χ0) is 15.4. The molecule has 1 heterocycles. The number of amides is 1. The largest absolute Gasteiger partial charge is 0.340 e. The summed E-state index contributed by atoms with van der Waals surface area (Å²) in [4.78, 5) is 28.1. The first-order valence-electron chi connectivity index (χ1n) is 7.27. The first kappa shape index (κ1) is 16.0. The van der Waals surface area contributed by atoms with E-state index < -0.39 is 0 Å². The Balaban J connectivity index is 1.84. The first-order chi connectivity index (χ1) is 9.97. The molecule has 0 spiro atoms. The van der Waals surface area contributed by atoms with Gasteiger partial charge in [-0.3, -0.25) is 14.5 Å². The van der Waals surface area contributed by atoms with Gasteiger partial charge in [0.1, 0.15) is 0 Å². The van der Waals surface area contributed by atoms with Crippen LogP contribution in [0, 0.1) is 5.92 Å². The second-order valence-corrected chi connectivity index (χ2v) is 6.12. The Morgan fingerprint density at radius 3 is 2.19 bits per heavy atom. The highest BCUT2D eigenvalue weighted by atomic mass is 35.5. The molecule has 0 saturated carbocycles. The number of piperazine rings is 1. The average Bonchev–Trinajstić information content (AvgIpc) is 2.47. The minimum absolute atomic E-state index is 0.0345. The molecule has 0 aromatic heterocycles. The van der Waals surface area contributed by atoms with E-state index in [4.69, 9.17) is 11.6 Å². The van der Waals surface area contributed by atoms with Crippen LogP contribution in [0.1, 0.15) is 24.2 Å². The molecule has 1 aliphatic heterocycles. The van der Waals surface area contributed by atoms with Gasteiger partial charge in [0.25, 0.3) is 0 Å². The maximum absolute atomic E-state index is 12.2. The molecule has 1 fully saturated rings. The summed E-state index contributed by atoms with van der Waals surface area (Å²) in [7, 11) is 0. The van der Waals surface area contributed by atoms with Crippen molar-refractivity contribution in [2.45, 2.75) is 13.8 Å². The van der Waals surface area contributed by atoms with E-state index in [0.29, 0.717) is 30.2 Å². The van der Waals surface area contributed by atoms with E-state index in [1.54, 1.807) is 24.3 Å². The fourth-order valence-electron chi connectivity index (χ4n) is 2.42. The third-order valence-corrected chi connectivity index (χ3v) is 3.96. The summed E-state index contributed by atoms with van der Waals surface area (Å²) < 4.78 is 0. The van der Waals surface area contributed by atoms with Crippen LogP contribution in [0.25, 0.3) is 0 Å². The van der Waals surface area contributed by atoms with Crippen molar-refractivity contribution in [3.05, 3.63) is 34.9 Å². The second-order valence-electron chi connectivity index (χ2n) is 5.69. The number of hydrogen-bond acceptors (Lipinski definition) is 3. The molecule has 1 saturated heterocycles. The van der Waals surface area contributed by atoms with Gasteiger partial charge in [0.2, 0.25) is 5.91 Å². The van der Waals surface area contributed by atoms with Crippen LogP contribution in [0.5, 0.6) is 0 Å². The van der Waals surface area contributed by atoms with Crippen LogP contribution in [0.15, 0.2) is 24.3 Å². The molecule has 0 atom stereocenters. The Morgan fingerprint density at radius 1 is 1.10 bits per heavy atom. The Morgan fingerprint density at radius 2 is 1.67 bits per heavy atom. The van der Waals surface area contributed by atoms with E-state index in [9.17, 15) is 9.59 Å². The molecule has 0 aliphatic carbocycles. The van der Waals surface area contributed by atoms with Crippen LogP contribution in [-0.4, -0.2) is 54.2 Å². The summed E-state index contributed by atoms with van der Waals surface area (Å²) in [6.07, 6.45) is 0. The highest BCUT2D eigenvalue weighted by Crippen LogP contribution is 2.12. The zero-order valence-electron chi connectivity index (χ0n) is 12.5. The molecule has 1 aliphatic rings. The topological polar surface area (TPSA) is 40.6 Å². The Hall–Kier alpha value is -1.39. The van der Waals surface area contributed by atoms with Gasteiger partial charge in [-0.15, -0.1) is 0 Å². The van der Waals surface area contributed by atoms with Gasteiger partial charge in [0, 0.05) is 42.7 Å². The molecule has 5 heteroatoms. The Labute approximate surface area is 130 Å². The van der Waals surface area contributed by atoms with Crippen LogP contribution in [0.2, 0.25) is 5.02 Å². The molecular formula is C16H21ClN2O2. The number of hydrogen-bond donors (Lipinski definition) is 0. The SMILES string of the molecule is CC(C)C(=O)N1CCN(CC(=O)c2ccc(Cl)cc2)CC1. The molecule has 114 valence electrons. The molecule has 21 heavy (non-hydrogen) atoms. The van der Waals surface area contributed by atoms with Gasteiger partial charge >= 0.3 is 0 Å². The van der Waals surface area contributed by atoms with E-state index >= 15 is 0 Å². The molecule has 0 bridgehead atoms. The minimum Gasteiger partial charge on any atom is -0.340 e. The van der Waals surface area contributed by atoms with Crippen molar-refractivity contribution in [1.29, 1.82) is 0 Å². The predicted octanol–water partition coefficient (Wildman–Crippen LogP) is 2.32. The van der Waals surface area contributed by atoms with Crippen LogP contribution in [0.3, 0.4) is 0 Å². The number of nitrogens with zero attached hydrogens (tertiary/aromatic N) is 2. The number of rotatable bonds is 4. The fourth-order valence-corrected chi connectivity index (χ4v) is 2.55. The van der Waals surface area contributed by atoms with Crippen molar-refractivity contribution in [3.8, 4) is 0 Å². The second kappa shape index (κ2) is 7.05. The van der Waals surface area contributed by atoms with Crippen molar-refractivity contribution in [1.82, 2.24) is 9.80 Å². The average molecular weight is 309 g/mol. The summed E-state index contributed by atoms with van der Waals surface area (Å²) in [6.45, 7) is 7.12. The third kappa shape index (κ3) is 4.29. The normalized spacial score (nSPS) is 16.3. The summed E-state index contributed by atoms with van der Waals surface area (Å²) in [5.41, 5.74) is 0.681. The standard InChI is InChI=1S/C16H21ClN2O2/c1-12(2)16(21)19-9-7-18(8-10-19)11-15(20)13-3-5-14(17)6-4-13/h3-6,12H,7-11H2,1-2H3. The van der Waals surface area contributed by atoms with Crippen LogP contribution in [0.4, 0.5) is 0 Å². The van der Waals surface area contributed by atoms with Gasteiger partial charge in [-0.1, -0.05) is 25.4 Å². The number of carbonyl (C=O) groups is 2. The van der Waals surface area contributed by atoms with E-state index in [1.807, 2.05) is 18.7 Å². The Bertz CT molecular complexity index is 506. The summed E-state index contributed by atoms with van der Waals surface area (Å²) in [5, 5.41) is 0.632.